The van der Waals surface area contributed by atoms with Gasteiger partial charge in [0.15, 0.2) is 5.34 Å². The minimum atomic E-state index is -1.50. The van der Waals surface area contributed by atoms with E-state index in [1.54, 1.807) is 0 Å². The fraction of sp³-hybridized carbons (Fsp3) is 0. The second-order valence-electron chi connectivity index (χ2n) is 1.03. The van der Waals surface area contributed by atoms with Crippen molar-refractivity contribution in [2.24, 2.45) is 5.34 Å². The van der Waals surface area contributed by atoms with Crippen molar-refractivity contribution in [3.63, 3.8) is 0 Å². The highest BCUT2D eigenvalue weighted by Crippen LogP contribution is 1.39. The second kappa shape index (κ2) is 29.2. The van der Waals surface area contributed by atoms with Crippen LogP contribution in [0, 0.1) is 45.4 Å². The lowest BCUT2D eigenvalue weighted by Crippen LogP contribution is -1.81. The van der Waals surface area contributed by atoms with Crippen LogP contribution in [-0.4, -0.2) is 46.4 Å². The maximum absolute atomic E-state index is 8.36. The van der Waals surface area contributed by atoms with E-state index in [9.17, 15) is 0 Å². The molecule has 0 aliphatic rings. The molecule has 0 amide bonds. The van der Waals surface area contributed by atoms with Crippen molar-refractivity contribution >= 4 is 0 Å². The molecular formula is H5N5O14. The summed E-state index contributed by atoms with van der Waals surface area (Å²) in [7, 11) is 0. The largest absolute Gasteiger partial charge is 0.379 e. The van der Waals surface area contributed by atoms with Crippen LogP contribution in [0.2, 0.25) is 0 Å². The van der Waals surface area contributed by atoms with Gasteiger partial charge < -0.3 is 26.0 Å². The SMILES string of the molecule is O=NO.O=[N+]([O-])O.O=[N+]([O-])O.O=[N+]([O-])O.O=[N+]([O-])O. The smallest absolute Gasteiger partial charge is 0.291 e. The van der Waals surface area contributed by atoms with E-state index >= 15 is 0 Å². The van der Waals surface area contributed by atoms with Gasteiger partial charge in [0.25, 0.3) is 20.3 Å². The molecule has 0 heterocycles. The first-order chi connectivity index (χ1) is 8.34. The van der Waals surface area contributed by atoms with Crippen LogP contribution in [0.15, 0.2) is 5.34 Å². The Balaban J connectivity index is -0.0000000432. The Morgan fingerprint density at radius 1 is 0.632 bits per heavy atom. The Morgan fingerprint density at radius 3 is 0.632 bits per heavy atom. The van der Waals surface area contributed by atoms with Gasteiger partial charge in [-0.05, 0) is 0 Å². The van der Waals surface area contributed by atoms with Crippen LogP contribution in [0.25, 0.3) is 0 Å². The summed E-state index contributed by atoms with van der Waals surface area (Å²) in [5, 5.41) is 62.4. The minimum Gasteiger partial charge on any atom is -0.379 e. The average Bonchev–Trinajstić information content (AvgIpc) is 1.97. The summed E-state index contributed by atoms with van der Waals surface area (Å²) < 4.78 is 0. The van der Waals surface area contributed by atoms with Gasteiger partial charge in [-0.3, -0.25) is 0 Å². The van der Waals surface area contributed by atoms with E-state index in [1.165, 1.54) is 5.34 Å². The Kier molecular flexibility index (Phi) is 45.3. The molecule has 19 heteroatoms. The van der Waals surface area contributed by atoms with E-state index in [1.807, 2.05) is 0 Å². The van der Waals surface area contributed by atoms with Crippen molar-refractivity contribution in [2.45, 2.75) is 0 Å². The first kappa shape index (κ1) is 29.5. The Bertz CT molecular complexity index is 191. The molecule has 19 heavy (non-hydrogen) atoms. The quantitative estimate of drug-likeness (QED) is 0.198. The third-order valence-electron chi connectivity index (χ3n) is 0. The molecule has 0 bridgehead atoms. The molecular weight excluding hydrogens is 294 g/mol. The van der Waals surface area contributed by atoms with E-state index < -0.39 is 20.3 Å². The number of hydrogen-bond donors (Lipinski definition) is 5. The Morgan fingerprint density at radius 2 is 0.632 bits per heavy atom. The summed E-state index contributed by atoms with van der Waals surface area (Å²) in [6, 6.07) is 0. The van der Waals surface area contributed by atoms with Crippen molar-refractivity contribution in [3.8, 4) is 0 Å². The monoisotopic (exact) mass is 299 g/mol. The normalized spacial score (nSPS) is 5.68. The number of nitrogens with zero attached hydrogens (tertiary/aromatic N) is 5. The van der Waals surface area contributed by atoms with E-state index in [0.29, 0.717) is 0 Å². The zero-order chi connectivity index (χ0) is 17.0. The van der Waals surface area contributed by atoms with Crippen LogP contribution in [0.1, 0.15) is 0 Å². The topological polar surface area (TPSA) is 303 Å². The summed E-state index contributed by atoms with van der Waals surface area (Å²) in [5.74, 6) is 0. The van der Waals surface area contributed by atoms with E-state index in [0.717, 1.165) is 0 Å². The highest BCUT2D eigenvalue weighted by molar-refractivity contribution is 3.84. The van der Waals surface area contributed by atoms with Gasteiger partial charge in [-0.25, -0.2) is 0 Å². The van der Waals surface area contributed by atoms with Crippen LogP contribution in [-0.2, 0) is 0 Å². The molecule has 0 aromatic heterocycles. The molecule has 0 aliphatic heterocycles. The predicted molar refractivity (Wildman–Crippen MR) is 42.7 cm³/mol. The third kappa shape index (κ3) is 146. The zero-order valence-corrected chi connectivity index (χ0v) is 8.15. The van der Waals surface area contributed by atoms with Gasteiger partial charge in [0.05, 0.1) is 0 Å². The maximum atomic E-state index is 8.36. The molecule has 19 nitrogen and oxygen atoms in total. The summed E-state index contributed by atoms with van der Waals surface area (Å²) in [6.45, 7) is 0. The van der Waals surface area contributed by atoms with Crippen molar-refractivity contribution in [3.05, 3.63) is 45.4 Å². The van der Waals surface area contributed by atoms with Crippen molar-refractivity contribution < 1.29 is 46.4 Å². The highest BCUT2D eigenvalue weighted by Gasteiger charge is 1.66. The molecule has 0 saturated carbocycles. The lowest BCUT2D eigenvalue weighted by Gasteiger charge is -1.56. The van der Waals surface area contributed by atoms with Crippen molar-refractivity contribution in [2.75, 3.05) is 0 Å². The van der Waals surface area contributed by atoms with Crippen LogP contribution >= 0.6 is 0 Å². The zero-order valence-electron chi connectivity index (χ0n) is 8.15. The average molecular weight is 299 g/mol. The van der Waals surface area contributed by atoms with Gasteiger partial charge in [0, 0.05) is 0 Å². The second-order valence-corrected chi connectivity index (χ2v) is 1.03. The highest BCUT2D eigenvalue weighted by atomic mass is 16.9. The van der Waals surface area contributed by atoms with Gasteiger partial charge in [0.2, 0.25) is 0 Å². The van der Waals surface area contributed by atoms with Gasteiger partial charge in [-0.2, -0.15) is 0 Å². The molecule has 0 spiro atoms. The van der Waals surface area contributed by atoms with Crippen LogP contribution in [0.3, 0.4) is 0 Å². The van der Waals surface area contributed by atoms with Gasteiger partial charge >= 0.3 is 0 Å². The van der Waals surface area contributed by atoms with Gasteiger partial charge in [0.1, 0.15) is 0 Å². The molecule has 0 aromatic rings. The third-order valence-corrected chi connectivity index (χ3v) is 0. The summed E-state index contributed by atoms with van der Waals surface area (Å²) in [6.07, 6.45) is 0. The summed E-state index contributed by atoms with van der Waals surface area (Å²) in [4.78, 5) is 41.6. The van der Waals surface area contributed by atoms with E-state index in [4.69, 9.17) is 71.4 Å². The molecule has 0 unspecified atom stereocenters. The van der Waals surface area contributed by atoms with Gasteiger partial charge in [-0.1, -0.05) is 0 Å². The van der Waals surface area contributed by atoms with E-state index in [-0.39, 0.29) is 0 Å². The van der Waals surface area contributed by atoms with Gasteiger partial charge in [-0.15, -0.1) is 45.4 Å². The standard InChI is InChI=1S/4HNO3.HNO2/c4*2-1(3)4;2-1-3/h4*(H,2,3,4);(H,2,3). The fourth-order valence-corrected chi connectivity index (χ4v) is 0. The summed E-state index contributed by atoms with van der Waals surface area (Å²) in [5.41, 5.74) is 0. The number of rotatable bonds is 0. The molecule has 5 N–H and O–H groups in total. The molecule has 114 valence electrons. The maximum Gasteiger partial charge on any atom is 0.291 e. The van der Waals surface area contributed by atoms with Crippen molar-refractivity contribution in [1.29, 1.82) is 0 Å². The molecule has 0 rings (SSSR count). The Labute approximate surface area is 98.4 Å². The molecule has 0 aliphatic carbocycles. The van der Waals surface area contributed by atoms with Crippen LogP contribution in [0.5, 0.6) is 0 Å². The lowest BCUT2D eigenvalue weighted by molar-refractivity contribution is -0.742. The lowest BCUT2D eigenvalue weighted by atomic mass is 13.1. The summed E-state index contributed by atoms with van der Waals surface area (Å²) >= 11 is 0. The van der Waals surface area contributed by atoms with Crippen LogP contribution in [0.4, 0.5) is 0 Å². The molecule has 0 radical (unpaired) electrons. The van der Waals surface area contributed by atoms with Crippen molar-refractivity contribution in [1.82, 2.24) is 0 Å². The van der Waals surface area contributed by atoms with Crippen LogP contribution < -0.4 is 0 Å². The van der Waals surface area contributed by atoms with E-state index in [2.05, 4.69) is 0 Å². The molecule has 0 aromatic carbocycles. The number of hydrogen-bond acceptors (Lipinski definition) is 10. The minimum absolute atomic E-state index is 1.25. The first-order valence-electron chi connectivity index (χ1n) is 2.64. The Hall–Kier alpha value is -3.80. The molecule has 0 saturated heterocycles. The predicted octanol–water partition coefficient (Wildman–Crippen LogP) is -1.25. The molecule has 0 fully saturated rings. The molecule has 0 atom stereocenters. The fourth-order valence-electron chi connectivity index (χ4n) is 0. The first-order valence-corrected chi connectivity index (χ1v) is 2.64.